The fraction of sp³-hybridized carbons (Fsp3) is 1.00. The van der Waals surface area contributed by atoms with E-state index < -0.39 is 0 Å². The van der Waals surface area contributed by atoms with Crippen LogP contribution in [0.2, 0.25) is 0 Å². The van der Waals surface area contributed by atoms with Crippen LogP contribution in [0.25, 0.3) is 5.32 Å². The maximum Gasteiger partial charge on any atom is 0.0121 e. The zero-order chi connectivity index (χ0) is 8.20. The zero-order valence-electron chi connectivity index (χ0n) is 8.39. The molecule has 0 bridgehead atoms. The van der Waals surface area contributed by atoms with Gasteiger partial charge in [-0.05, 0) is 34.4 Å². The first-order valence-electron chi connectivity index (χ1n) is 3.75. The second-order valence-corrected chi connectivity index (χ2v) is 3.63. The van der Waals surface area contributed by atoms with Crippen LogP contribution in [0.1, 0.15) is 20.8 Å². The summed E-state index contributed by atoms with van der Waals surface area (Å²) in [7, 11) is 3.99. The van der Waals surface area contributed by atoms with E-state index in [0.29, 0.717) is 0 Å². The summed E-state index contributed by atoms with van der Waals surface area (Å²) in [6.07, 6.45) is 0. The van der Waals surface area contributed by atoms with Crippen LogP contribution in [0.15, 0.2) is 0 Å². The number of hydrogen-bond acceptors (Lipinski definition) is 1. The van der Waals surface area contributed by atoms with Gasteiger partial charge in [-0.15, -0.1) is 6.54 Å². The van der Waals surface area contributed by atoms with Crippen molar-refractivity contribution in [2.24, 2.45) is 0 Å². The average molecular weight is 232 g/mol. The molecular formula is C8H19N2Y-. The van der Waals surface area contributed by atoms with Gasteiger partial charge in [-0.2, -0.15) is 7.05 Å². The summed E-state index contributed by atoms with van der Waals surface area (Å²) in [4.78, 5) is 2.31. The van der Waals surface area contributed by atoms with Gasteiger partial charge in [0.15, 0.2) is 0 Å². The van der Waals surface area contributed by atoms with Crippen LogP contribution in [0.3, 0.4) is 0 Å². The van der Waals surface area contributed by atoms with Crippen molar-refractivity contribution in [2.75, 3.05) is 27.2 Å². The minimum absolute atomic E-state index is 0. The summed E-state index contributed by atoms with van der Waals surface area (Å²) in [6, 6.07) is 0. The SMILES string of the molecule is C[N-]CCN(C)C(C)(C)C.[Y]. The third-order valence-corrected chi connectivity index (χ3v) is 1.80. The van der Waals surface area contributed by atoms with Gasteiger partial charge >= 0.3 is 0 Å². The van der Waals surface area contributed by atoms with Gasteiger partial charge in [0.05, 0.1) is 0 Å². The monoisotopic (exact) mass is 232 g/mol. The normalized spacial score (nSPS) is 11.5. The molecule has 0 N–H and O–H groups in total. The van der Waals surface area contributed by atoms with E-state index in [9.17, 15) is 0 Å². The molecule has 0 aliphatic rings. The van der Waals surface area contributed by atoms with Gasteiger partial charge in [0.1, 0.15) is 0 Å². The molecule has 0 spiro atoms. The van der Waals surface area contributed by atoms with E-state index in [-0.39, 0.29) is 38.2 Å². The van der Waals surface area contributed by atoms with Crippen LogP contribution in [-0.4, -0.2) is 37.6 Å². The van der Waals surface area contributed by atoms with E-state index in [0.717, 1.165) is 13.1 Å². The third-order valence-electron chi connectivity index (χ3n) is 1.80. The first-order chi connectivity index (χ1) is 4.48. The number of likely N-dealkylation sites (N-methyl/N-ethyl adjacent to an activating group) is 2. The van der Waals surface area contributed by atoms with Crippen LogP contribution in [0.5, 0.6) is 0 Å². The van der Waals surface area contributed by atoms with E-state index in [2.05, 4.69) is 38.0 Å². The largest absolute Gasteiger partial charge is 0.664 e. The summed E-state index contributed by atoms with van der Waals surface area (Å²) >= 11 is 0. The molecule has 11 heavy (non-hydrogen) atoms. The fourth-order valence-electron chi connectivity index (χ4n) is 0.585. The molecule has 0 rings (SSSR count). The Labute approximate surface area is 96.0 Å². The van der Waals surface area contributed by atoms with E-state index in [1.54, 1.807) is 0 Å². The van der Waals surface area contributed by atoms with Gasteiger partial charge in [-0.1, -0.05) is 0 Å². The Balaban J connectivity index is 0. The van der Waals surface area contributed by atoms with Crippen LogP contribution < -0.4 is 0 Å². The van der Waals surface area contributed by atoms with Crippen LogP contribution in [0.4, 0.5) is 0 Å². The van der Waals surface area contributed by atoms with E-state index in [4.69, 9.17) is 0 Å². The summed E-state index contributed by atoms with van der Waals surface area (Å²) in [5.41, 5.74) is 0.282. The Morgan fingerprint density at radius 1 is 1.27 bits per heavy atom. The first kappa shape index (κ1) is 14.5. The molecule has 0 atom stereocenters. The topological polar surface area (TPSA) is 17.3 Å². The summed E-state index contributed by atoms with van der Waals surface area (Å²) in [6.45, 7) is 8.63. The zero-order valence-corrected chi connectivity index (χ0v) is 11.2. The third kappa shape index (κ3) is 7.39. The van der Waals surface area contributed by atoms with E-state index in [1.165, 1.54) is 0 Å². The predicted octanol–water partition coefficient (Wildman–Crippen LogP) is 1.72. The summed E-state index contributed by atoms with van der Waals surface area (Å²) < 4.78 is 0. The average Bonchev–Trinajstić information content (AvgIpc) is 1.80. The Morgan fingerprint density at radius 2 is 1.73 bits per heavy atom. The van der Waals surface area contributed by atoms with Crippen molar-refractivity contribution >= 4 is 0 Å². The number of rotatable bonds is 3. The standard InChI is InChI=1S/C8H19N2.Y/c1-8(2,3)10(5)7-6-9-4;/h6-7H2,1-5H3;/q-1;. The Hall–Kier alpha value is 1.02. The number of nitrogens with zero attached hydrogens (tertiary/aromatic N) is 2. The van der Waals surface area contributed by atoms with Crippen molar-refractivity contribution in [3.05, 3.63) is 5.32 Å². The van der Waals surface area contributed by atoms with Gasteiger partial charge < -0.3 is 10.2 Å². The fourth-order valence-corrected chi connectivity index (χ4v) is 0.585. The van der Waals surface area contributed by atoms with Gasteiger partial charge in [0.25, 0.3) is 0 Å². The molecule has 0 aliphatic carbocycles. The van der Waals surface area contributed by atoms with Crippen molar-refractivity contribution < 1.29 is 32.7 Å². The number of hydrogen-bond donors (Lipinski definition) is 0. The maximum atomic E-state index is 4.05. The summed E-state index contributed by atoms with van der Waals surface area (Å²) in [5, 5.41) is 4.05. The molecule has 0 saturated carbocycles. The molecule has 0 aromatic carbocycles. The van der Waals surface area contributed by atoms with Crippen molar-refractivity contribution in [3.63, 3.8) is 0 Å². The first-order valence-corrected chi connectivity index (χ1v) is 3.75. The molecular weight excluding hydrogens is 213 g/mol. The van der Waals surface area contributed by atoms with Crippen LogP contribution in [0, 0.1) is 0 Å². The molecule has 0 aromatic rings. The second-order valence-electron chi connectivity index (χ2n) is 3.63. The quantitative estimate of drug-likeness (QED) is 0.724. The van der Waals surface area contributed by atoms with E-state index in [1.807, 2.05) is 7.05 Å². The molecule has 0 amide bonds. The van der Waals surface area contributed by atoms with Gasteiger partial charge in [0.2, 0.25) is 0 Å². The van der Waals surface area contributed by atoms with Crippen molar-refractivity contribution in [2.45, 2.75) is 26.3 Å². The van der Waals surface area contributed by atoms with Crippen molar-refractivity contribution in [3.8, 4) is 0 Å². The Kier molecular flexibility index (Phi) is 8.63. The maximum absolute atomic E-state index is 4.05. The minimum atomic E-state index is 0. The molecule has 0 fully saturated rings. The second kappa shape index (κ2) is 6.53. The van der Waals surface area contributed by atoms with Crippen molar-refractivity contribution in [1.82, 2.24) is 4.90 Å². The van der Waals surface area contributed by atoms with Crippen LogP contribution >= 0.6 is 0 Å². The molecule has 65 valence electrons. The Bertz CT molecular complexity index is 88.6. The molecule has 2 nitrogen and oxygen atoms in total. The molecule has 0 heterocycles. The van der Waals surface area contributed by atoms with Crippen LogP contribution in [-0.2, 0) is 32.7 Å². The van der Waals surface area contributed by atoms with Crippen molar-refractivity contribution in [1.29, 1.82) is 0 Å². The predicted molar refractivity (Wildman–Crippen MR) is 46.5 cm³/mol. The Morgan fingerprint density at radius 3 is 2.00 bits per heavy atom. The van der Waals surface area contributed by atoms with Gasteiger partial charge in [-0.3, -0.25) is 0 Å². The molecule has 3 heteroatoms. The van der Waals surface area contributed by atoms with Gasteiger partial charge in [-0.25, -0.2) is 0 Å². The molecule has 0 aromatic heterocycles. The summed E-state index contributed by atoms with van der Waals surface area (Å²) in [5.74, 6) is 0. The van der Waals surface area contributed by atoms with Gasteiger partial charge in [0, 0.05) is 38.2 Å². The molecule has 1 radical (unpaired) electrons. The minimum Gasteiger partial charge on any atom is -0.664 e. The van der Waals surface area contributed by atoms with E-state index >= 15 is 0 Å². The smallest absolute Gasteiger partial charge is 0.0121 e. The molecule has 0 saturated heterocycles. The molecule has 0 unspecified atom stereocenters. The molecule has 0 aliphatic heterocycles.